The third kappa shape index (κ3) is 10.2. The first-order valence-corrected chi connectivity index (χ1v) is 11.5. The van der Waals surface area contributed by atoms with Gasteiger partial charge in [0.1, 0.15) is 11.6 Å². The van der Waals surface area contributed by atoms with E-state index in [0.29, 0.717) is 25.7 Å². The fraction of sp³-hybridized carbons (Fsp3) is 0.536. The molecule has 4 nitrogen and oxygen atoms in total. The number of aliphatic carboxylic acids is 1. The van der Waals surface area contributed by atoms with Gasteiger partial charge in [0, 0.05) is 11.8 Å². The smallest absolute Gasteiger partial charge is 0.310 e. The lowest BCUT2D eigenvalue weighted by Gasteiger charge is -2.26. The molecule has 0 heterocycles. The lowest BCUT2D eigenvalue weighted by atomic mass is 9.77. The number of carbonyl (C=O) groups excluding carboxylic acids is 2. The summed E-state index contributed by atoms with van der Waals surface area (Å²) in [5, 5.41) is 9.94. The maximum Gasteiger partial charge on any atom is 0.310 e. The summed E-state index contributed by atoms with van der Waals surface area (Å²) in [7, 11) is 0. The van der Waals surface area contributed by atoms with Crippen LogP contribution in [0, 0.1) is 17.3 Å². The van der Waals surface area contributed by atoms with Gasteiger partial charge in [-0.2, -0.15) is 0 Å². The van der Waals surface area contributed by atoms with Crippen LogP contribution >= 0.6 is 0 Å². The fourth-order valence-corrected chi connectivity index (χ4v) is 3.64. The van der Waals surface area contributed by atoms with Crippen molar-refractivity contribution in [3.05, 3.63) is 59.2 Å². The van der Waals surface area contributed by atoms with E-state index >= 15 is 0 Å². The minimum Gasteiger partial charge on any atom is -0.481 e. The number of benzene rings is 1. The Bertz CT molecular complexity index is 834. The second-order valence-electron chi connectivity index (χ2n) is 9.12. The molecule has 0 saturated heterocycles. The molecule has 0 radical (unpaired) electrons. The summed E-state index contributed by atoms with van der Waals surface area (Å²) in [4.78, 5) is 35.1. The normalized spacial score (nSPS) is 14.9. The highest BCUT2D eigenvalue weighted by Crippen LogP contribution is 2.32. The quantitative estimate of drug-likeness (QED) is 0.369. The second-order valence-corrected chi connectivity index (χ2v) is 9.12. The summed E-state index contributed by atoms with van der Waals surface area (Å²) in [5.74, 6) is -0.722. The molecule has 32 heavy (non-hydrogen) atoms. The van der Waals surface area contributed by atoms with Crippen LogP contribution in [-0.4, -0.2) is 22.6 Å². The van der Waals surface area contributed by atoms with E-state index in [1.807, 2.05) is 65.0 Å². The minimum atomic E-state index is -0.960. The molecule has 1 aromatic carbocycles. The first-order chi connectivity index (χ1) is 14.8. The maximum atomic E-state index is 12.1. The molecule has 4 heteroatoms. The summed E-state index contributed by atoms with van der Waals surface area (Å²) >= 11 is 0. The van der Waals surface area contributed by atoms with Gasteiger partial charge in [-0.15, -0.1) is 0 Å². The molecule has 0 aliphatic rings. The van der Waals surface area contributed by atoms with Gasteiger partial charge in [-0.1, -0.05) is 75.8 Å². The number of rotatable bonds is 12. The van der Waals surface area contributed by atoms with E-state index < -0.39 is 11.4 Å². The van der Waals surface area contributed by atoms with E-state index in [-0.39, 0.29) is 23.4 Å². The molecule has 0 spiro atoms. The van der Waals surface area contributed by atoms with E-state index in [9.17, 15) is 19.5 Å². The predicted molar refractivity (Wildman–Crippen MR) is 133 cm³/mol. The van der Waals surface area contributed by atoms with Gasteiger partial charge in [-0.25, -0.2) is 0 Å². The number of carboxylic acids is 1. The molecule has 3 unspecified atom stereocenters. The molecule has 0 aromatic heterocycles. The summed E-state index contributed by atoms with van der Waals surface area (Å²) in [6, 6.07) is 7.85. The molecule has 3 atom stereocenters. The van der Waals surface area contributed by atoms with Crippen molar-refractivity contribution in [3.63, 3.8) is 0 Å². The summed E-state index contributed by atoms with van der Waals surface area (Å²) in [6.07, 6.45) is 3.93. The van der Waals surface area contributed by atoms with Gasteiger partial charge in [0.25, 0.3) is 0 Å². The molecule has 0 saturated carbocycles. The van der Waals surface area contributed by atoms with Crippen LogP contribution in [0.3, 0.4) is 0 Å². The van der Waals surface area contributed by atoms with Gasteiger partial charge in [0.2, 0.25) is 0 Å². The van der Waals surface area contributed by atoms with Gasteiger partial charge >= 0.3 is 5.97 Å². The lowest BCUT2D eigenvalue weighted by Crippen LogP contribution is -2.30. The SMILES string of the molecule is C=C(/C=C(\C)CC(C)(Cc1cccc(CC(C)C(C)=O)c1)C(=O)O)CC(C)C(C)=O.CC. The average molecular weight is 443 g/mol. The molecule has 0 amide bonds. The van der Waals surface area contributed by atoms with Gasteiger partial charge in [-0.3, -0.25) is 14.4 Å². The van der Waals surface area contributed by atoms with Crippen molar-refractivity contribution >= 4 is 17.5 Å². The van der Waals surface area contributed by atoms with Gasteiger partial charge in [-0.05, 0) is 64.5 Å². The number of Topliss-reactive ketones (excluding diaryl/α,β-unsaturated/α-hetero) is 2. The van der Waals surface area contributed by atoms with Crippen LogP contribution in [-0.2, 0) is 27.2 Å². The first-order valence-electron chi connectivity index (χ1n) is 11.5. The Hall–Kier alpha value is -2.49. The first kappa shape index (κ1) is 29.5. The highest BCUT2D eigenvalue weighted by atomic mass is 16.4. The zero-order chi connectivity index (χ0) is 25.1. The molecule has 1 rings (SSSR count). The Morgan fingerprint density at radius 1 is 1.03 bits per heavy atom. The van der Waals surface area contributed by atoms with E-state index in [0.717, 1.165) is 22.3 Å². The minimum absolute atomic E-state index is 0.0558. The van der Waals surface area contributed by atoms with Crippen molar-refractivity contribution in [2.24, 2.45) is 17.3 Å². The molecule has 1 N–H and O–H groups in total. The number of carbonyl (C=O) groups is 3. The topological polar surface area (TPSA) is 71.4 Å². The number of hydrogen-bond donors (Lipinski definition) is 1. The molecule has 178 valence electrons. The number of carboxylic acid groups (broad SMARTS) is 1. The maximum absolute atomic E-state index is 12.1. The van der Waals surface area contributed by atoms with Crippen molar-refractivity contribution in [1.82, 2.24) is 0 Å². The Kier molecular flexibility index (Phi) is 12.7. The van der Waals surface area contributed by atoms with Crippen LogP contribution in [0.2, 0.25) is 0 Å². The Labute approximate surface area is 194 Å². The van der Waals surface area contributed by atoms with Gasteiger partial charge in [0.05, 0.1) is 5.41 Å². The Morgan fingerprint density at radius 2 is 1.56 bits per heavy atom. The average Bonchev–Trinajstić information content (AvgIpc) is 2.68. The third-order valence-corrected chi connectivity index (χ3v) is 5.72. The molecule has 0 aliphatic heterocycles. The van der Waals surface area contributed by atoms with Crippen molar-refractivity contribution in [3.8, 4) is 0 Å². The molecular formula is C28H42O4. The number of hydrogen-bond acceptors (Lipinski definition) is 3. The fourth-order valence-electron chi connectivity index (χ4n) is 3.64. The highest BCUT2D eigenvalue weighted by Gasteiger charge is 2.33. The molecule has 1 aromatic rings. The molecule has 0 bridgehead atoms. The van der Waals surface area contributed by atoms with Crippen LogP contribution in [0.25, 0.3) is 0 Å². The van der Waals surface area contributed by atoms with Crippen molar-refractivity contribution in [2.45, 2.75) is 81.1 Å². The number of ketones is 2. The summed E-state index contributed by atoms with van der Waals surface area (Å²) in [5.41, 5.74) is 2.80. The Morgan fingerprint density at radius 3 is 2.06 bits per heavy atom. The van der Waals surface area contributed by atoms with Gasteiger partial charge in [0.15, 0.2) is 0 Å². The van der Waals surface area contributed by atoms with E-state index in [1.54, 1.807) is 20.8 Å². The standard InChI is InChI=1S/C26H36O4.C2H6/c1-17(12-19(3)21(5)27)11-18(2)15-26(7,25(29)30)16-24-10-8-9-23(14-24)13-20(4)22(6)28;1-2/h8-11,14,19-20H,1,12-13,15-16H2,2-7H3,(H,29,30);1-2H3/b18-11+;. The highest BCUT2D eigenvalue weighted by molar-refractivity contribution is 5.78. The predicted octanol–water partition coefficient (Wildman–Crippen LogP) is 6.62. The largest absolute Gasteiger partial charge is 0.481 e. The zero-order valence-corrected chi connectivity index (χ0v) is 21.2. The van der Waals surface area contributed by atoms with E-state index in [4.69, 9.17) is 0 Å². The lowest BCUT2D eigenvalue weighted by molar-refractivity contribution is -0.147. The van der Waals surface area contributed by atoms with Crippen molar-refractivity contribution < 1.29 is 19.5 Å². The number of allylic oxidation sites excluding steroid dienone is 3. The van der Waals surface area contributed by atoms with Crippen molar-refractivity contribution in [1.29, 1.82) is 0 Å². The monoisotopic (exact) mass is 442 g/mol. The third-order valence-electron chi connectivity index (χ3n) is 5.72. The van der Waals surface area contributed by atoms with Crippen LogP contribution in [0.1, 0.15) is 79.4 Å². The Balaban J connectivity index is 0.00000466. The van der Waals surface area contributed by atoms with Crippen molar-refractivity contribution in [2.75, 3.05) is 0 Å². The molecule has 0 aliphatic carbocycles. The molecular weight excluding hydrogens is 400 g/mol. The van der Waals surface area contributed by atoms with Gasteiger partial charge < -0.3 is 5.11 Å². The van der Waals surface area contributed by atoms with Crippen LogP contribution < -0.4 is 0 Å². The zero-order valence-electron chi connectivity index (χ0n) is 21.2. The van der Waals surface area contributed by atoms with Crippen LogP contribution in [0.5, 0.6) is 0 Å². The summed E-state index contributed by atoms with van der Waals surface area (Å²) < 4.78 is 0. The van der Waals surface area contributed by atoms with E-state index in [2.05, 4.69) is 6.58 Å². The summed E-state index contributed by atoms with van der Waals surface area (Å²) in [6.45, 7) is 18.6. The van der Waals surface area contributed by atoms with E-state index in [1.165, 1.54) is 0 Å². The van der Waals surface area contributed by atoms with Crippen LogP contribution in [0.15, 0.2) is 48.1 Å². The molecule has 0 fully saturated rings. The van der Waals surface area contributed by atoms with Crippen LogP contribution in [0.4, 0.5) is 0 Å². The second kappa shape index (κ2) is 13.8.